The number of thiophene rings is 1. The van der Waals surface area contributed by atoms with E-state index in [0.29, 0.717) is 13.1 Å². The average Bonchev–Trinajstić information content (AvgIpc) is 3.25. The van der Waals surface area contributed by atoms with Crippen LogP contribution in [0.2, 0.25) is 0 Å². The van der Waals surface area contributed by atoms with Crippen molar-refractivity contribution >= 4 is 39.0 Å². The highest BCUT2D eigenvalue weighted by Crippen LogP contribution is 2.31. The molecule has 1 amide bonds. The summed E-state index contributed by atoms with van der Waals surface area (Å²) in [5.74, 6) is -0.898. The Balaban J connectivity index is 1.86. The zero-order chi connectivity index (χ0) is 22.5. The van der Waals surface area contributed by atoms with Crippen molar-refractivity contribution in [2.45, 2.75) is 30.3 Å². The molecule has 3 rings (SSSR count). The zero-order valence-corrected chi connectivity index (χ0v) is 18.0. The van der Waals surface area contributed by atoms with Crippen LogP contribution >= 0.6 is 11.3 Å². The van der Waals surface area contributed by atoms with Gasteiger partial charge in [-0.05, 0) is 48.6 Å². The molecule has 0 atom stereocenters. The number of piperidine rings is 1. The van der Waals surface area contributed by atoms with Gasteiger partial charge in [0.05, 0.1) is 10.6 Å². The first kappa shape index (κ1) is 23.3. The van der Waals surface area contributed by atoms with E-state index in [9.17, 15) is 26.4 Å². The number of benzene rings is 1. The molecule has 6 nitrogen and oxygen atoms in total. The quantitative estimate of drug-likeness (QED) is 0.599. The summed E-state index contributed by atoms with van der Waals surface area (Å²) >= 11 is 1.41. The molecule has 11 heteroatoms. The third-order valence-electron chi connectivity index (χ3n) is 4.50. The van der Waals surface area contributed by atoms with Crippen molar-refractivity contribution in [1.82, 2.24) is 4.31 Å². The van der Waals surface area contributed by atoms with Crippen molar-refractivity contribution in [2.75, 3.05) is 25.0 Å². The normalized spacial score (nSPS) is 15.8. The smallest absolute Gasteiger partial charge is 0.422 e. The van der Waals surface area contributed by atoms with Crippen LogP contribution in [0.5, 0.6) is 5.75 Å². The van der Waals surface area contributed by atoms with Gasteiger partial charge in [0.25, 0.3) is 0 Å². The maximum Gasteiger partial charge on any atom is 0.422 e. The maximum atomic E-state index is 12.9. The molecule has 1 fully saturated rings. The Hall–Kier alpha value is -2.37. The molecule has 1 aromatic heterocycles. The number of alkyl halides is 3. The highest BCUT2D eigenvalue weighted by molar-refractivity contribution is 7.89. The first-order valence-electron chi connectivity index (χ1n) is 9.51. The summed E-state index contributed by atoms with van der Waals surface area (Å²) in [6, 6.07) is 7.04. The van der Waals surface area contributed by atoms with E-state index in [4.69, 9.17) is 4.74 Å². The van der Waals surface area contributed by atoms with Gasteiger partial charge in [0.2, 0.25) is 15.9 Å². The standard InChI is InChI=1S/C20H21F3N2O4S2/c21-20(22,23)14-29-18-8-7-16(31(27,28)25-10-2-1-3-11-25)13-17(18)24-19(26)9-6-15-5-4-12-30-15/h4-9,12-13H,1-3,10-11,14H2,(H,24,26)/b9-6+. The number of ether oxygens (including phenoxy) is 1. The van der Waals surface area contributed by atoms with Crippen molar-refractivity contribution in [2.24, 2.45) is 0 Å². The van der Waals surface area contributed by atoms with Gasteiger partial charge in [-0.25, -0.2) is 8.42 Å². The van der Waals surface area contributed by atoms with Crippen molar-refractivity contribution in [3.8, 4) is 5.75 Å². The Labute approximate surface area is 182 Å². The second-order valence-electron chi connectivity index (χ2n) is 6.86. The lowest BCUT2D eigenvalue weighted by Gasteiger charge is -2.26. The van der Waals surface area contributed by atoms with Gasteiger partial charge in [-0.1, -0.05) is 12.5 Å². The number of hydrogen-bond acceptors (Lipinski definition) is 5. The highest BCUT2D eigenvalue weighted by atomic mass is 32.2. The molecule has 0 spiro atoms. The first-order chi connectivity index (χ1) is 14.6. The second kappa shape index (κ2) is 9.84. The largest absolute Gasteiger partial charge is 0.482 e. The predicted octanol–water partition coefficient (Wildman–Crippen LogP) is 4.52. The fraction of sp³-hybridized carbons (Fsp3) is 0.350. The number of nitrogens with zero attached hydrogens (tertiary/aromatic N) is 1. The number of amides is 1. The Bertz CT molecular complexity index is 1030. The molecule has 2 aromatic rings. The number of nitrogens with one attached hydrogen (secondary N) is 1. The fourth-order valence-corrected chi connectivity index (χ4v) is 5.19. The molecule has 1 aliphatic heterocycles. The Morgan fingerprint density at radius 2 is 1.94 bits per heavy atom. The molecule has 0 aliphatic carbocycles. The summed E-state index contributed by atoms with van der Waals surface area (Å²) < 4.78 is 69.8. The van der Waals surface area contributed by atoms with Crippen LogP contribution in [0.1, 0.15) is 24.1 Å². The van der Waals surface area contributed by atoms with Crippen LogP contribution in [-0.2, 0) is 14.8 Å². The third kappa shape index (κ3) is 6.55. The summed E-state index contributed by atoms with van der Waals surface area (Å²) in [5.41, 5.74) is -0.150. The monoisotopic (exact) mass is 474 g/mol. The van der Waals surface area contributed by atoms with Gasteiger partial charge in [0.15, 0.2) is 6.61 Å². The van der Waals surface area contributed by atoms with E-state index in [1.54, 1.807) is 18.2 Å². The van der Waals surface area contributed by atoms with Gasteiger partial charge in [0.1, 0.15) is 5.75 Å². The topological polar surface area (TPSA) is 75.7 Å². The van der Waals surface area contributed by atoms with Crippen molar-refractivity contribution in [3.63, 3.8) is 0 Å². The number of sulfonamides is 1. The van der Waals surface area contributed by atoms with E-state index in [1.165, 1.54) is 27.8 Å². The molecule has 1 saturated heterocycles. The molecule has 31 heavy (non-hydrogen) atoms. The molecular weight excluding hydrogens is 453 g/mol. The molecule has 2 heterocycles. The number of rotatable bonds is 7. The summed E-state index contributed by atoms with van der Waals surface area (Å²) in [7, 11) is -3.84. The van der Waals surface area contributed by atoms with E-state index in [0.717, 1.165) is 36.3 Å². The molecular formula is C20H21F3N2O4S2. The van der Waals surface area contributed by atoms with Gasteiger partial charge in [-0.2, -0.15) is 17.5 Å². The van der Waals surface area contributed by atoms with Gasteiger partial charge >= 0.3 is 6.18 Å². The Kier molecular flexibility index (Phi) is 7.39. The van der Waals surface area contributed by atoms with E-state index in [1.807, 2.05) is 5.38 Å². The van der Waals surface area contributed by atoms with Gasteiger partial charge in [-0.3, -0.25) is 4.79 Å². The number of carbonyl (C=O) groups excluding carboxylic acids is 1. The zero-order valence-electron chi connectivity index (χ0n) is 16.4. The number of carbonyl (C=O) groups is 1. The van der Waals surface area contributed by atoms with E-state index in [-0.39, 0.29) is 16.3 Å². The molecule has 0 saturated carbocycles. The molecule has 0 radical (unpaired) electrons. The predicted molar refractivity (Wildman–Crippen MR) is 113 cm³/mol. The maximum absolute atomic E-state index is 12.9. The first-order valence-corrected chi connectivity index (χ1v) is 11.8. The van der Waals surface area contributed by atoms with Gasteiger partial charge in [-0.15, -0.1) is 11.3 Å². The molecule has 1 aliphatic rings. The van der Waals surface area contributed by atoms with E-state index >= 15 is 0 Å². The molecule has 168 valence electrons. The summed E-state index contributed by atoms with van der Waals surface area (Å²) in [4.78, 5) is 13.0. The lowest BCUT2D eigenvalue weighted by molar-refractivity contribution is -0.153. The van der Waals surface area contributed by atoms with E-state index in [2.05, 4.69) is 5.32 Å². The molecule has 0 bridgehead atoms. The lowest BCUT2D eigenvalue weighted by atomic mass is 10.2. The van der Waals surface area contributed by atoms with Crippen LogP contribution < -0.4 is 10.1 Å². The van der Waals surface area contributed by atoms with Crippen LogP contribution in [0.4, 0.5) is 18.9 Å². The van der Waals surface area contributed by atoms with Crippen molar-refractivity contribution in [3.05, 3.63) is 46.7 Å². The van der Waals surface area contributed by atoms with Crippen molar-refractivity contribution in [1.29, 1.82) is 0 Å². The Morgan fingerprint density at radius 3 is 2.58 bits per heavy atom. The summed E-state index contributed by atoms with van der Waals surface area (Å²) in [6.45, 7) is -0.821. The minimum absolute atomic E-state index is 0.119. The number of anilines is 1. The molecule has 1 aromatic carbocycles. The highest BCUT2D eigenvalue weighted by Gasteiger charge is 2.30. The van der Waals surface area contributed by atoms with E-state index < -0.39 is 28.7 Å². The second-order valence-corrected chi connectivity index (χ2v) is 9.78. The van der Waals surface area contributed by atoms with Gasteiger partial charge < -0.3 is 10.1 Å². The number of hydrogen-bond donors (Lipinski definition) is 1. The van der Waals surface area contributed by atoms with Crippen molar-refractivity contribution < 1.29 is 31.1 Å². The van der Waals surface area contributed by atoms with Gasteiger partial charge in [0, 0.05) is 24.0 Å². The fourth-order valence-electron chi connectivity index (χ4n) is 3.03. The van der Waals surface area contributed by atoms with Crippen LogP contribution in [0.25, 0.3) is 6.08 Å². The molecule has 1 N–H and O–H groups in total. The van der Waals surface area contributed by atoms with Crippen LogP contribution in [0.15, 0.2) is 46.7 Å². The summed E-state index contributed by atoms with van der Waals surface area (Å²) in [5, 5.41) is 4.26. The minimum Gasteiger partial charge on any atom is -0.482 e. The third-order valence-corrected chi connectivity index (χ3v) is 7.23. The molecule has 0 unspecified atom stereocenters. The van der Waals surface area contributed by atoms with Crippen LogP contribution in [0, 0.1) is 0 Å². The Morgan fingerprint density at radius 1 is 1.19 bits per heavy atom. The average molecular weight is 475 g/mol. The minimum atomic E-state index is -4.58. The van der Waals surface area contributed by atoms with Crippen LogP contribution in [-0.4, -0.2) is 44.5 Å². The number of halogens is 3. The SMILES string of the molecule is O=C(/C=C/c1cccs1)Nc1cc(S(=O)(=O)N2CCCCC2)ccc1OCC(F)(F)F. The summed E-state index contributed by atoms with van der Waals surface area (Å²) in [6.07, 6.45) is 0.592. The lowest BCUT2D eigenvalue weighted by Crippen LogP contribution is -2.35. The van der Waals surface area contributed by atoms with Crippen LogP contribution in [0.3, 0.4) is 0 Å².